The first-order valence-corrected chi connectivity index (χ1v) is 10.4. The van der Waals surface area contributed by atoms with E-state index >= 15 is 0 Å². The Hall–Kier alpha value is -1.60. The number of halogens is 1. The van der Waals surface area contributed by atoms with Gasteiger partial charge in [0.2, 0.25) is 5.91 Å². The van der Waals surface area contributed by atoms with Crippen LogP contribution in [-0.2, 0) is 4.79 Å². The average molecular weight is 440 g/mol. The van der Waals surface area contributed by atoms with Crippen molar-refractivity contribution in [2.24, 2.45) is 4.99 Å². The fraction of sp³-hybridized carbons (Fsp3) is 0.600. The van der Waals surface area contributed by atoms with Crippen LogP contribution in [-0.4, -0.2) is 56.0 Å². The van der Waals surface area contributed by atoms with E-state index in [4.69, 9.17) is 0 Å². The molecular weight excluding hydrogens is 406 g/mol. The van der Waals surface area contributed by atoms with E-state index < -0.39 is 0 Å². The van der Waals surface area contributed by atoms with E-state index in [1.165, 1.54) is 0 Å². The second-order valence-electron chi connectivity index (χ2n) is 6.65. The van der Waals surface area contributed by atoms with Crippen LogP contribution in [0.5, 0.6) is 0 Å². The van der Waals surface area contributed by atoms with Crippen LogP contribution >= 0.6 is 15.9 Å². The molecule has 0 heterocycles. The zero-order chi connectivity index (χ0) is 20.2. The third kappa shape index (κ3) is 9.24. The molecule has 1 unspecified atom stereocenters. The predicted molar refractivity (Wildman–Crippen MR) is 118 cm³/mol. The van der Waals surface area contributed by atoms with Crippen molar-refractivity contribution in [3.05, 3.63) is 28.2 Å². The lowest BCUT2D eigenvalue weighted by Gasteiger charge is -2.21. The van der Waals surface area contributed by atoms with E-state index in [0.29, 0.717) is 12.0 Å². The van der Waals surface area contributed by atoms with Crippen LogP contribution in [0.1, 0.15) is 39.2 Å². The van der Waals surface area contributed by atoms with Crippen LogP contribution in [0, 0.1) is 6.92 Å². The van der Waals surface area contributed by atoms with Gasteiger partial charge in [-0.05, 0) is 64.0 Å². The average Bonchev–Trinajstić information content (AvgIpc) is 2.65. The Bertz CT molecular complexity index is 616. The predicted octanol–water partition coefficient (Wildman–Crippen LogP) is 3.37. The van der Waals surface area contributed by atoms with Gasteiger partial charge in [-0.3, -0.25) is 9.79 Å². The maximum absolute atomic E-state index is 12.2. The monoisotopic (exact) mass is 439 g/mol. The van der Waals surface area contributed by atoms with Gasteiger partial charge < -0.3 is 20.9 Å². The van der Waals surface area contributed by atoms with Gasteiger partial charge in [-0.2, -0.15) is 0 Å². The molecule has 0 saturated carbocycles. The molecule has 1 aromatic carbocycles. The number of carbonyl (C=O) groups is 1. The maximum Gasteiger partial charge on any atom is 0.243 e. The lowest BCUT2D eigenvalue weighted by Crippen LogP contribution is -2.45. The number of carbonyl (C=O) groups excluding carboxylic acids is 1. The molecule has 1 aromatic rings. The molecule has 0 aliphatic rings. The summed E-state index contributed by atoms with van der Waals surface area (Å²) in [6, 6.07) is 6.12. The van der Waals surface area contributed by atoms with Crippen LogP contribution in [0.4, 0.5) is 5.69 Å². The molecule has 3 N–H and O–H groups in total. The zero-order valence-corrected chi connectivity index (χ0v) is 18.8. The van der Waals surface area contributed by atoms with Gasteiger partial charge in [-0.25, -0.2) is 0 Å². The molecule has 0 radical (unpaired) electrons. The summed E-state index contributed by atoms with van der Waals surface area (Å²) in [7, 11) is 1.72. The minimum Gasteiger partial charge on any atom is -0.354 e. The summed E-state index contributed by atoms with van der Waals surface area (Å²) in [6.07, 6.45) is 2.19. The number of nitrogens with zero attached hydrogens (tertiary/aromatic N) is 2. The van der Waals surface area contributed by atoms with Gasteiger partial charge >= 0.3 is 0 Å². The summed E-state index contributed by atoms with van der Waals surface area (Å²) in [5.74, 6) is 0.541. The Morgan fingerprint density at radius 2 is 2.00 bits per heavy atom. The minimum absolute atomic E-state index is 0.103. The second-order valence-corrected chi connectivity index (χ2v) is 7.56. The van der Waals surface area contributed by atoms with E-state index in [1.807, 2.05) is 25.1 Å². The van der Waals surface area contributed by atoms with Crippen LogP contribution in [0.15, 0.2) is 27.7 Å². The number of aryl methyl sites for hydroxylation is 1. The summed E-state index contributed by atoms with van der Waals surface area (Å²) in [5.41, 5.74) is 1.83. The van der Waals surface area contributed by atoms with Crippen molar-refractivity contribution >= 4 is 33.5 Å². The number of rotatable bonds is 10. The van der Waals surface area contributed by atoms with Gasteiger partial charge in [0.25, 0.3) is 0 Å². The summed E-state index contributed by atoms with van der Waals surface area (Å²) < 4.78 is 0.937. The lowest BCUT2D eigenvalue weighted by molar-refractivity contribution is -0.115. The fourth-order valence-electron chi connectivity index (χ4n) is 2.75. The first-order chi connectivity index (χ1) is 12.9. The Morgan fingerprint density at radius 3 is 2.63 bits per heavy atom. The second kappa shape index (κ2) is 12.7. The quantitative estimate of drug-likeness (QED) is 0.386. The number of benzene rings is 1. The maximum atomic E-state index is 12.2. The van der Waals surface area contributed by atoms with Crippen molar-refractivity contribution in [2.75, 3.05) is 38.5 Å². The highest BCUT2D eigenvalue weighted by Crippen LogP contribution is 2.20. The third-order valence-electron chi connectivity index (χ3n) is 4.50. The number of nitrogens with one attached hydrogen (secondary N) is 3. The molecule has 0 saturated heterocycles. The molecule has 1 rings (SSSR count). The molecule has 7 heteroatoms. The number of hydrogen-bond acceptors (Lipinski definition) is 3. The summed E-state index contributed by atoms with van der Waals surface area (Å²) >= 11 is 3.43. The first-order valence-electron chi connectivity index (χ1n) is 9.65. The van der Waals surface area contributed by atoms with Crippen LogP contribution < -0.4 is 16.0 Å². The number of hydrogen-bond donors (Lipinski definition) is 3. The molecule has 1 atom stereocenters. The van der Waals surface area contributed by atoms with Crippen LogP contribution in [0.2, 0.25) is 0 Å². The van der Waals surface area contributed by atoms with Crippen LogP contribution in [0.25, 0.3) is 0 Å². The van der Waals surface area contributed by atoms with Gasteiger partial charge in [-0.15, -0.1) is 0 Å². The Balaban J connectivity index is 2.38. The van der Waals surface area contributed by atoms with E-state index in [-0.39, 0.29) is 12.5 Å². The molecule has 152 valence electrons. The third-order valence-corrected chi connectivity index (χ3v) is 5.00. The number of guanidine groups is 1. The summed E-state index contributed by atoms with van der Waals surface area (Å²) in [5, 5.41) is 9.35. The van der Waals surface area contributed by atoms with Gasteiger partial charge in [0.05, 0.1) is 6.54 Å². The topological polar surface area (TPSA) is 68.8 Å². The van der Waals surface area contributed by atoms with Crippen molar-refractivity contribution in [1.29, 1.82) is 0 Å². The lowest BCUT2D eigenvalue weighted by atomic mass is 10.2. The van der Waals surface area contributed by atoms with Gasteiger partial charge in [0.1, 0.15) is 0 Å². The molecule has 1 amide bonds. The van der Waals surface area contributed by atoms with E-state index in [9.17, 15) is 4.79 Å². The largest absolute Gasteiger partial charge is 0.354 e. The summed E-state index contributed by atoms with van der Waals surface area (Å²) in [6.45, 7) is 11.9. The number of amides is 1. The van der Waals surface area contributed by atoms with E-state index in [1.54, 1.807) is 7.05 Å². The van der Waals surface area contributed by atoms with Crippen molar-refractivity contribution in [2.45, 2.75) is 46.6 Å². The molecule has 0 aromatic heterocycles. The highest BCUT2D eigenvalue weighted by atomic mass is 79.9. The Morgan fingerprint density at radius 1 is 1.30 bits per heavy atom. The van der Waals surface area contributed by atoms with Gasteiger partial charge in [-0.1, -0.05) is 35.8 Å². The van der Waals surface area contributed by atoms with E-state index in [2.05, 4.69) is 62.5 Å². The molecule has 6 nitrogen and oxygen atoms in total. The van der Waals surface area contributed by atoms with Gasteiger partial charge in [0, 0.05) is 23.2 Å². The molecule has 27 heavy (non-hydrogen) atoms. The minimum atomic E-state index is -0.103. The van der Waals surface area contributed by atoms with Gasteiger partial charge in [0.15, 0.2) is 5.96 Å². The highest BCUT2D eigenvalue weighted by Gasteiger charge is 2.09. The number of aliphatic imine (C=N–C) groups is 1. The molecule has 0 spiro atoms. The first kappa shape index (κ1) is 23.4. The number of anilines is 1. The SMILES string of the molecule is CCN(CC)CCCC(C)NC(=NC)NCC(=O)Nc1cc(Br)ccc1C. The molecule has 0 fully saturated rings. The van der Waals surface area contributed by atoms with Crippen LogP contribution in [0.3, 0.4) is 0 Å². The van der Waals surface area contributed by atoms with Crippen molar-refractivity contribution in [3.8, 4) is 0 Å². The normalized spacial score (nSPS) is 12.8. The van der Waals surface area contributed by atoms with Crippen molar-refractivity contribution in [1.82, 2.24) is 15.5 Å². The standard InChI is InChI=1S/C20H34BrN5O/c1-6-26(7-2)12-8-9-16(4)24-20(22-5)23-14-19(27)25-18-13-17(21)11-10-15(18)3/h10-11,13,16H,6-9,12,14H2,1-5H3,(H,25,27)(H2,22,23,24). The smallest absolute Gasteiger partial charge is 0.243 e. The van der Waals surface area contributed by atoms with Crippen molar-refractivity contribution < 1.29 is 4.79 Å². The zero-order valence-electron chi connectivity index (χ0n) is 17.2. The van der Waals surface area contributed by atoms with Crippen molar-refractivity contribution in [3.63, 3.8) is 0 Å². The Labute approximate surface area is 172 Å². The highest BCUT2D eigenvalue weighted by molar-refractivity contribution is 9.10. The molecular formula is C20H34BrN5O. The fourth-order valence-corrected chi connectivity index (χ4v) is 3.11. The molecule has 0 aliphatic carbocycles. The van der Waals surface area contributed by atoms with E-state index in [0.717, 1.165) is 48.2 Å². The molecule has 0 aliphatic heterocycles. The Kier molecular flexibility index (Phi) is 11.0. The summed E-state index contributed by atoms with van der Waals surface area (Å²) in [4.78, 5) is 18.9. The molecule has 0 bridgehead atoms.